The number of fused-ring (bicyclic) bond motifs is 1. The minimum Gasteiger partial charge on any atom is -0.507 e. The lowest BCUT2D eigenvalue weighted by Gasteiger charge is -2.19. The zero-order valence-electron chi connectivity index (χ0n) is 15.3. The van der Waals surface area contributed by atoms with E-state index in [4.69, 9.17) is 0 Å². The minimum atomic E-state index is 0.234. The van der Waals surface area contributed by atoms with Crippen LogP contribution in [0.2, 0.25) is 0 Å². The molecule has 1 aliphatic rings. The Morgan fingerprint density at radius 3 is 2.85 bits per heavy atom. The first kappa shape index (κ1) is 16.9. The molecule has 0 bridgehead atoms. The van der Waals surface area contributed by atoms with Crippen LogP contribution in [0.3, 0.4) is 0 Å². The highest BCUT2D eigenvalue weighted by Gasteiger charge is 2.21. The molecule has 3 heterocycles. The van der Waals surface area contributed by atoms with E-state index in [9.17, 15) is 5.11 Å². The smallest absolute Gasteiger partial charge is 0.125 e. The Bertz CT molecular complexity index is 940. The second-order valence-corrected chi connectivity index (χ2v) is 7.25. The summed E-state index contributed by atoms with van der Waals surface area (Å²) in [6, 6.07) is 8.23. The Balaban J connectivity index is 1.71. The average molecular weight is 348 g/mol. The lowest BCUT2D eigenvalue weighted by atomic mass is 10.0. The summed E-state index contributed by atoms with van der Waals surface area (Å²) in [7, 11) is 2.20. The average Bonchev–Trinajstić information content (AvgIpc) is 3.05. The molecule has 1 aromatic carbocycles. The number of benzene rings is 1. The van der Waals surface area contributed by atoms with E-state index in [1.165, 1.54) is 19.4 Å². The van der Waals surface area contributed by atoms with Gasteiger partial charge in [-0.25, -0.2) is 0 Å². The molecule has 5 nitrogen and oxygen atoms in total. The van der Waals surface area contributed by atoms with Gasteiger partial charge in [0.05, 0.1) is 5.69 Å². The molecule has 1 N–H and O–H groups in total. The topological polar surface area (TPSA) is 62.1 Å². The summed E-state index contributed by atoms with van der Waals surface area (Å²) in [5, 5.41) is 21.4. The molecule has 4 rings (SSSR count). The van der Waals surface area contributed by atoms with Gasteiger partial charge in [0.2, 0.25) is 0 Å². The Kier molecular flexibility index (Phi) is 4.55. The lowest BCUT2D eigenvalue weighted by Crippen LogP contribution is -2.25. The molecule has 2 aromatic heterocycles. The van der Waals surface area contributed by atoms with Crippen molar-refractivity contribution in [2.24, 2.45) is 0 Å². The van der Waals surface area contributed by atoms with E-state index in [0.717, 1.165) is 34.9 Å². The molecule has 0 saturated carbocycles. The molecular weight excluding hydrogens is 324 g/mol. The van der Waals surface area contributed by atoms with Crippen molar-refractivity contribution in [1.29, 1.82) is 0 Å². The van der Waals surface area contributed by atoms with Crippen LogP contribution in [-0.4, -0.2) is 44.8 Å². The second-order valence-electron chi connectivity index (χ2n) is 7.25. The second kappa shape index (κ2) is 7.00. The van der Waals surface area contributed by atoms with Crippen LogP contribution in [0.1, 0.15) is 30.5 Å². The van der Waals surface area contributed by atoms with Crippen LogP contribution in [0.4, 0.5) is 0 Å². The molecule has 3 aromatic rings. The minimum absolute atomic E-state index is 0.234. The summed E-state index contributed by atoms with van der Waals surface area (Å²) in [6.07, 6.45) is 8.16. The molecule has 0 spiro atoms. The molecule has 1 atom stereocenters. The third kappa shape index (κ3) is 3.15. The Morgan fingerprint density at radius 2 is 2.08 bits per heavy atom. The molecule has 1 fully saturated rings. The third-order valence-corrected chi connectivity index (χ3v) is 5.45. The van der Waals surface area contributed by atoms with E-state index in [1.807, 2.05) is 31.3 Å². The van der Waals surface area contributed by atoms with Gasteiger partial charge in [-0.2, -0.15) is 5.10 Å². The fourth-order valence-corrected chi connectivity index (χ4v) is 3.92. The molecular formula is C21H24N4O. The highest BCUT2D eigenvalue weighted by atomic mass is 16.3. The first-order chi connectivity index (χ1) is 12.6. The zero-order chi connectivity index (χ0) is 18.1. The number of pyridine rings is 1. The van der Waals surface area contributed by atoms with Crippen LogP contribution in [0.5, 0.6) is 5.75 Å². The molecule has 1 saturated heterocycles. The molecule has 134 valence electrons. The summed E-state index contributed by atoms with van der Waals surface area (Å²) in [4.78, 5) is 6.74. The summed E-state index contributed by atoms with van der Waals surface area (Å²) >= 11 is 0. The van der Waals surface area contributed by atoms with Gasteiger partial charge < -0.3 is 10.0 Å². The predicted molar refractivity (Wildman–Crippen MR) is 103 cm³/mol. The van der Waals surface area contributed by atoms with Gasteiger partial charge in [0.15, 0.2) is 0 Å². The van der Waals surface area contributed by atoms with Gasteiger partial charge in [0, 0.05) is 34.8 Å². The number of nitrogens with zero attached hydrogens (tertiary/aromatic N) is 4. The SMILES string of the molecule is Cc1ccc(-c2nnc(CC[C@@H]3CCCN3C)c3cnccc23)c(O)c1. The van der Waals surface area contributed by atoms with Crippen LogP contribution in [0.25, 0.3) is 22.0 Å². The standard InChI is InChI=1S/C21H24N4O/c1-14-5-7-17(20(26)12-14)21-16-9-10-22-13-18(16)19(23-24-21)8-6-15-4-3-11-25(15)2/h5,7,9-10,12-13,15,26H,3-4,6,8,11H2,1-2H3/t15-/m0/s1. The maximum Gasteiger partial charge on any atom is 0.125 e. The highest BCUT2D eigenvalue weighted by molar-refractivity contribution is 5.96. The lowest BCUT2D eigenvalue weighted by molar-refractivity contribution is 0.296. The normalized spacial score (nSPS) is 17.8. The van der Waals surface area contributed by atoms with Gasteiger partial charge in [0.1, 0.15) is 11.4 Å². The molecule has 26 heavy (non-hydrogen) atoms. The molecule has 0 radical (unpaired) electrons. The van der Waals surface area contributed by atoms with Crippen molar-refractivity contribution in [1.82, 2.24) is 20.1 Å². The van der Waals surface area contributed by atoms with Crippen LogP contribution in [0.15, 0.2) is 36.7 Å². The van der Waals surface area contributed by atoms with Crippen molar-refractivity contribution >= 4 is 10.8 Å². The summed E-state index contributed by atoms with van der Waals surface area (Å²) in [6.45, 7) is 3.14. The monoisotopic (exact) mass is 348 g/mol. The van der Waals surface area contributed by atoms with Gasteiger partial charge in [0.25, 0.3) is 0 Å². The van der Waals surface area contributed by atoms with Gasteiger partial charge >= 0.3 is 0 Å². The molecule has 0 unspecified atom stereocenters. The highest BCUT2D eigenvalue weighted by Crippen LogP contribution is 2.34. The van der Waals surface area contributed by atoms with Gasteiger partial charge in [-0.15, -0.1) is 5.10 Å². The first-order valence-corrected chi connectivity index (χ1v) is 9.23. The summed E-state index contributed by atoms with van der Waals surface area (Å²) in [5.74, 6) is 0.234. The van der Waals surface area contributed by atoms with E-state index < -0.39 is 0 Å². The number of hydrogen-bond donors (Lipinski definition) is 1. The van der Waals surface area contributed by atoms with Crippen LogP contribution < -0.4 is 0 Å². The van der Waals surface area contributed by atoms with E-state index >= 15 is 0 Å². The number of aromatic hydroxyl groups is 1. The Hall–Kier alpha value is -2.53. The van der Waals surface area contributed by atoms with E-state index in [0.29, 0.717) is 17.3 Å². The fraction of sp³-hybridized carbons (Fsp3) is 0.381. The molecule has 0 aliphatic carbocycles. The van der Waals surface area contributed by atoms with Gasteiger partial charge in [-0.3, -0.25) is 4.98 Å². The molecule has 0 amide bonds. The van der Waals surface area contributed by atoms with Gasteiger partial charge in [-0.1, -0.05) is 6.07 Å². The summed E-state index contributed by atoms with van der Waals surface area (Å²) in [5.41, 5.74) is 3.43. The van der Waals surface area contributed by atoms with Crippen LogP contribution >= 0.6 is 0 Å². The van der Waals surface area contributed by atoms with Crippen molar-refractivity contribution in [2.75, 3.05) is 13.6 Å². The van der Waals surface area contributed by atoms with E-state index in [2.05, 4.69) is 27.1 Å². The number of aromatic nitrogens is 3. The number of aryl methyl sites for hydroxylation is 2. The number of phenolic OH excluding ortho intramolecular Hbond substituents is 1. The van der Waals surface area contributed by atoms with E-state index in [-0.39, 0.29) is 5.75 Å². The van der Waals surface area contributed by atoms with Crippen LogP contribution in [-0.2, 0) is 6.42 Å². The largest absolute Gasteiger partial charge is 0.507 e. The molecule has 1 aliphatic heterocycles. The number of hydrogen-bond acceptors (Lipinski definition) is 5. The first-order valence-electron chi connectivity index (χ1n) is 9.23. The maximum absolute atomic E-state index is 10.4. The quantitative estimate of drug-likeness (QED) is 0.778. The van der Waals surface area contributed by atoms with Crippen LogP contribution in [0, 0.1) is 6.92 Å². The molecule has 5 heteroatoms. The number of likely N-dealkylation sites (tertiary alicyclic amines) is 1. The zero-order valence-corrected chi connectivity index (χ0v) is 15.3. The Morgan fingerprint density at radius 1 is 1.19 bits per heavy atom. The van der Waals surface area contributed by atoms with Crippen molar-refractivity contribution in [3.8, 4) is 17.0 Å². The van der Waals surface area contributed by atoms with Crippen molar-refractivity contribution < 1.29 is 5.11 Å². The third-order valence-electron chi connectivity index (χ3n) is 5.45. The van der Waals surface area contributed by atoms with E-state index in [1.54, 1.807) is 12.3 Å². The van der Waals surface area contributed by atoms with Crippen molar-refractivity contribution in [3.63, 3.8) is 0 Å². The Labute approximate surface area is 153 Å². The van der Waals surface area contributed by atoms with Gasteiger partial charge in [-0.05, 0) is 70.0 Å². The number of rotatable bonds is 4. The summed E-state index contributed by atoms with van der Waals surface area (Å²) < 4.78 is 0. The van der Waals surface area contributed by atoms with Crippen molar-refractivity contribution in [3.05, 3.63) is 47.9 Å². The number of phenols is 1. The maximum atomic E-state index is 10.4. The predicted octanol–water partition coefficient (Wildman–Crippen LogP) is 3.73. The fourth-order valence-electron chi connectivity index (χ4n) is 3.92. The van der Waals surface area contributed by atoms with Crippen molar-refractivity contribution in [2.45, 2.75) is 38.6 Å².